The van der Waals surface area contributed by atoms with E-state index in [4.69, 9.17) is 0 Å². The van der Waals surface area contributed by atoms with E-state index in [2.05, 4.69) is 0 Å². The highest BCUT2D eigenvalue weighted by Gasteiger charge is 2.04. The van der Waals surface area contributed by atoms with Gasteiger partial charge in [-0.2, -0.15) is 0 Å². The number of carbonyl (C=O) groups is 1. The van der Waals surface area contributed by atoms with Crippen molar-refractivity contribution in [1.82, 2.24) is 0 Å². The quantitative estimate of drug-likeness (QED) is 0.877. The molecule has 0 aliphatic heterocycles. The topological polar surface area (TPSA) is 37.3 Å². The van der Waals surface area contributed by atoms with Gasteiger partial charge >= 0.3 is 0 Å². The Hall–Kier alpha value is -1.74. The molecule has 0 aliphatic carbocycles. The number of benzene rings is 2. The molecule has 0 aliphatic rings. The lowest BCUT2D eigenvalue weighted by Crippen LogP contribution is -1.91. The van der Waals surface area contributed by atoms with Crippen molar-refractivity contribution >= 4 is 16.9 Å². The molecule has 0 heterocycles. The van der Waals surface area contributed by atoms with Gasteiger partial charge in [0.2, 0.25) is 5.12 Å². The van der Waals surface area contributed by atoms with Crippen LogP contribution in [0.4, 0.5) is 0 Å². The number of rotatable bonds is 2. The maximum absolute atomic E-state index is 11.4. The highest BCUT2D eigenvalue weighted by atomic mass is 32.2. The molecule has 2 aromatic rings. The van der Waals surface area contributed by atoms with Crippen molar-refractivity contribution in [3.63, 3.8) is 0 Å². The van der Waals surface area contributed by atoms with Crippen LogP contribution in [0.25, 0.3) is 11.1 Å². The Morgan fingerprint density at radius 2 is 1.41 bits per heavy atom. The summed E-state index contributed by atoms with van der Waals surface area (Å²) in [5, 5.41) is 9.28. The van der Waals surface area contributed by atoms with Gasteiger partial charge in [-0.05, 0) is 41.6 Å². The summed E-state index contributed by atoms with van der Waals surface area (Å²) in [6.07, 6.45) is 1.77. The average Bonchev–Trinajstić information content (AvgIpc) is 2.39. The minimum absolute atomic E-state index is 0.0715. The van der Waals surface area contributed by atoms with E-state index < -0.39 is 0 Å². The Bertz CT molecular complexity index is 515. The predicted octanol–water partition coefficient (Wildman–Crippen LogP) is 3.56. The molecule has 0 unspecified atom stereocenters. The van der Waals surface area contributed by atoms with Crippen LogP contribution >= 0.6 is 11.8 Å². The molecule has 17 heavy (non-hydrogen) atoms. The van der Waals surface area contributed by atoms with Gasteiger partial charge < -0.3 is 5.11 Å². The van der Waals surface area contributed by atoms with Gasteiger partial charge in [0.25, 0.3) is 0 Å². The van der Waals surface area contributed by atoms with Gasteiger partial charge in [0, 0.05) is 5.56 Å². The van der Waals surface area contributed by atoms with Gasteiger partial charge in [-0.1, -0.05) is 36.0 Å². The molecular formula is C14H12O2S. The largest absolute Gasteiger partial charge is 0.508 e. The predicted molar refractivity (Wildman–Crippen MR) is 71.4 cm³/mol. The van der Waals surface area contributed by atoms with Gasteiger partial charge in [0.1, 0.15) is 5.75 Å². The third-order valence-electron chi connectivity index (χ3n) is 2.51. The highest BCUT2D eigenvalue weighted by Crippen LogP contribution is 2.22. The number of hydrogen-bond acceptors (Lipinski definition) is 3. The molecule has 3 heteroatoms. The molecule has 0 bridgehead atoms. The van der Waals surface area contributed by atoms with E-state index in [0.29, 0.717) is 5.56 Å². The number of phenolic OH excluding ortho intramolecular Hbond substituents is 1. The van der Waals surface area contributed by atoms with Crippen LogP contribution in [0, 0.1) is 0 Å². The Balaban J connectivity index is 2.29. The van der Waals surface area contributed by atoms with Crippen molar-refractivity contribution in [2.75, 3.05) is 6.26 Å². The summed E-state index contributed by atoms with van der Waals surface area (Å²) in [4.78, 5) is 11.4. The molecule has 1 N–H and O–H groups in total. The van der Waals surface area contributed by atoms with Crippen molar-refractivity contribution in [3.8, 4) is 16.9 Å². The van der Waals surface area contributed by atoms with Crippen molar-refractivity contribution in [2.24, 2.45) is 0 Å². The number of thioether (sulfide) groups is 1. The standard InChI is InChI=1S/C14H12O2S/c1-17-14(16)12-4-2-10(3-5-12)11-6-8-13(15)9-7-11/h2-9,15H,1H3. The molecule has 86 valence electrons. The van der Waals surface area contributed by atoms with Crippen LogP contribution in [-0.2, 0) is 0 Å². The molecule has 0 radical (unpaired) electrons. The first-order chi connectivity index (χ1) is 8.20. The smallest absolute Gasteiger partial charge is 0.219 e. The molecule has 0 aromatic heterocycles. The van der Waals surface area contributed by atoms with E-state index in [0.717, 1.165) is 11.1 Å². The van der Waals surface area contributed by atoms with Gasteiger partial charge in [-0.3, -0.25) is 4.79 Å². The molecule has 2 nitrogen and oxygen atoms in total. The lowest BCUT2D eigenvalue weighted by molar-refractivity contribution is 0.108. The van der Waals surface area contributed by atoms with Gasteiger partial charge in [-0.25, -0.2) is 0 Å². The zero-order chi connectivity index (χ0) is 12.3. The Kier molecular flexibility index (Phi) is 3.49. The highest BCUT2D eigenvalue weighted by molar-refractivity contribution is 8.13. The summed E-state index contributed by atoms with van der Waals surface area (Å²) in [5.41, 5.74) is 2.76. The molecule has 0 amide bonds. The zero-order valence-corrected chi connectivity index (χ0v) is 10.2. The fourth-order valence-corrected chi connectivity index (χ4v) is 1.94. The van der Waals surface area contributed by atoms with Crippen molar-refractivity contribution in [3.05, 3.63) is 54.1 Å². The molecule has 0 saturated heterocycles. The van der Waals surface area contributed by atoms with Crippen molar-refractivity contribution in [2.45, 2.75) is 0 Å². The van der Waals surface area contributed by atoms with Gasteiger partial charge in [-0.15, -0.1) is 0 Å². The summed E-state index contributed by atoms with van der Waals surface area (Å²) in [6, 6.07) is 14.5. The normalized spacial score (nSPS) is 10.2. The van der Waals surface area contributed by atoms with Crippen LogP contribution in [0.5, 0.6) is 5.75 Å². The fraction of sp³-hybridized carbons (Fsp3) is 0.0714. The zero-order valence-electron chi connectivity index (χ0n) is 9.38. The minimum Gasteiger partial charge on any atom is -0.508 e. The molecule has 0 saturated carbocycles. The summed E-state index contributed by atoms with van der Waals surface area (Å²) in [6.45, 7) is 0. The third-order valence-corrected chi connectivity index (χ3v) is 3.11. The van der Waals surface area contributed by atoms with E-state index >= 15 is 0 Å². The fourth-order valence-electron chi connectivity index (χ4n) is 1.57. The Morgan fingerprint density at radius 1 is 0.941 bits per heavy atom. The lowest BCUT2D eigenvalue weighted by atomic mass is 10.0. The maximum Gasteiger partial charge on any atom is 0.219 e. The summed E-state index contributed by atoms with van der Waals surface area (Å²) in [7, 11) is 0. The number of carbonyl (C=O) groups excluding carboxylic acids is 1. The van der Waals surface area contributed by atoms with Crippen LogP contribution in [0.15, 0.2) is 48.5 Å². The van der Waals surface area contributed by atoms with Crippen molar-refractivity contribution in [1.29, 1.82) is 0 Å². The van der Waals surface area contributed by atoms with E-state index in [-0.39, 0.29) is 10.9 Å². The second kappa shape index (κ2) is 5.06. The lowest BCUT2D eigenvalue weighted by Gasteiger charge is -2.03. The first-order valence-corrected chi connectivity index (χ1v) is 6.41. The van der Waals surface area contributed by atoms with Crippen LogP contribution in [-0.4, -0.2) is 16.5 Å². The second-order valence-electron chi connectivity index (χ2n) is 3.62. The molecule has 0 atom stereocenters. The average molecular weight is 244 g/mol. The van der Waals surface area contributed by atoms with Gasteiger partial charge in [0.05, 0.1) is 0 Å². The maximum atomic E-state index is 11.4. The molecule has 2 rings (SSSR count). The van der Waals surface area contributed by atoms with E-state index in [1.807, 2.05) is 36.4 Å². The molecule has 0 spiro atoms. The number of hydrogen-bond donors (Lipinski definition) is 1. The van der Waals surface area contributed by atoms with E-state index in [1.54, 1.807) is 18.4 Å². The van der Waals surface area contributed by atoms with E-state index in [9.17, 15) is 9.90 Å². The SMILES string of the molecule is CSC(=O)c1ccc(-c2ccc(O)cc2)cc1. The minimum atomic E-state index is 0.0715. The van der Waals surface area contributed by atoms with Crippen molar-refractivity contribution < 1.29 is 9.90 Å². The summed E-state index contributed by atoms with van der Waals surface area (Å²) >= 11 is 1.21. The molecular weight excluding hydrogens is 232 g/mol. The first kappa shape index (κ1) is 11.7. The van der Waals surface area contributed by atoms with Crippen LogP contribution in [0.2, 0.25) is 0 Å². The first-order valence-electron chi connectivity index (χ1n) is 5.18. The van der Waals surface area contributed by atoms with Crippen LogP contribution in [0.3, 0.4) is 0 Å². The monoisotopic (exact) mass is 244 g/mol. The Morgan fingerprint density at radius 3 is 1.88 bits per heavy atom. The summed E-state index contributed by atoms with van der Waals surface area (Å²) < 4.78 is 0. The number of aromatic hydroxyl groups is 1. The molecule has 2 aromatic carbocycles. The number of phenols is 1. The van der Waals surface area contributed by atoms with Crippen LogP contribution in [0.1, 0.15) is 10.4 Å². The summed E-state index contributed by atoms with van der Waals surface area (Å²) in [5.74, 6) is 0.253. The third kappa shape index (κ3) is 2.68. The second-order valence-corrected chi connectivity index (χ2v) is 4.39. The Labute approximate surface area is 104 Å². The molecule has 0 fully saturated rings. The van der Waals surface area contributed by atoms with E-state index in [1.165, 1.54) is 11.8 Å². The van der Waals surface area contributed by atoms with Crippen LogP contribution < -0.4 is 0 Å². The van der Waals surface area contributed by atoms with Gasteiger partial charge in [0.15, 0.2) is 0 Å².